The molecular formula is C18H13FN6O2S3. The van der Waals surface area contributed by atoms with Crippen molar-refractivity contribution in [2.45, 2.75) is 28.9 Å². The molecule has 0 saturated heterocycles. The fourth-order valence-corrected chi connectivity index (χ4v) is 5.44. The van der Waals surface area contributed by atoms with Crippen LogP contribution in [0.2, 0.25) is 0 Å². The lowest BCUT2D eigenvalue weighted by atomic mass is 10.2. The van der Waals surface area contributed by atoms with E-state index in [2.05, 4.69) is 25.6 Å². The van der Waals surface area contributed by atoms with E-state index in [0.29, 0.717) is 26.7 Å². The van der Waals surface area contributed by atoms with E-state index in [1.54, 1.807) is 6.07 Å². The van der Waals surface area contributed by atoms with Gasteiger partial charge in [0.1, 0.15) is 10.8 Å². The van der Waals surface area contributed by atoms with Crippen molar-refractivity contribution in [2.24, 2.45) is 0 Å². The highest BCUT2D eigenvalue weighted by atomic mass is 32.2. The molecule has 0 unspecified atom stereocenters. The molecule has 1 fully saturated rings. The zero-order valence-corrected chi connectivity index (χ0v) is 17.7. The Morgan fingerprint density at radius 3 is 2.90 bits per heavy atom. The number of rotatable bonds is 6. The van der Waals surface area contributed by atoms with Crippen LogP contribution in [0, 0.1) is 5.82 Å². The Balaban J connectivity index is 1.26. The molecule has 3 aromatic heterocycles. The van der Waals surface area contributed by atoms with Crippen LogP contribution in [0.1, 0.15) is 39.8 Å². The van der Waals surface area contributed by atoms with Crippen molar-refractivity contribution in [1.29, 1.82) is 0 Å². The Bertz CT molecular complexity index is 1310. The number of nitrogens with one attached hydrogen (secondary N) is 1. The van der Waals surface area contributed by atoms with Gasteiger partial charge in [0.15, 0.2) is 4.34 Å². The normalized spacial score (nSPS) is 13.6. The summed E-state index contributed by atoms with van der Waals surface area (Å²) in [6.07, 6.45) is 2.23. The number of carbonyl (C=O) groups is 1. The number of hydrogen-bond acceptors (Lipinski definition) is 9. The van der Waals surface area contributed by atoms with E-state index >= 15 is 0 Å². The van der Waals surface area contributed by atoms with E-state index in [1.807, 2.05) is 0 Å². The smallest absolute Gasteiger partial charge is 0.275 e. The minimum absolute atomic E-state index is 0.0602. The van der Waals surface area contributed by atoms with E-state index in [0.717, 1.165) is 17.8 Å². The summed E-state index contributed by atoms with van der Waals surface area (Å²) < 4.78 is 15.7. The average Bonchev–Trinajstić information content (AvgIpc) is 3.33. The molecule has 12 heteroatoms. The topological polar surface area (TPSA) is 102 Å². The molecule has 1 aromatic carbocycles. The van der Waals surface area contributed by atoms with Crippen molar-refractivity contribution in [1.82, 2.24) is 24.8 Å². The molecule has 1 aliphatic carbocycles. The fraction of sp³-hybridized carbons (Fsp3) is 0.222. The number of thioether (sulfide) groups is 1. The minimum Gasteiger partial charge on any atom is -0.296 e. The average molecular weight is 461 g/mol. The lowest BCUT2D eigenvalue weighted by Crippen LogP contribution is -2.15. The van der Waals surface area contributed by atoms with E-state index < -0.39 is 11.7 Å². The highest BCUT2D eigenvalue weighted by Gasteiger charge is 2.28. The van der Waals surface area contributed by atoms with Gasteiger partial charge in [0.25, 0.3) is 11.5 Å². The molecule has 0 radical (unpaired) electrons. The molecule has 30 heavy (non-hydrogen) atoms. The second kappa shape index (κ2) is 7.85. The number of amides is 1. The van der Waals surface area contributed by atoms with Crippen LogP contribution in [0.15, 0.2) is 39.5 Å². The molecule has 0 bridgehead atoms. The van der Waals surface area contributed by atoms with Crippen LogP contribution < -0.4 is 10.9 Å². The van der Waals surface area contributed by atoms with E-state index in [-0.39, 0.29) is 16.3 Å². The van der Waals surface area contributed by atoms with Crippen LogP contribution in [0.4, 0.5) is 9.52 Å². The van der Waals surface area contributed by atoms with E-state index in [4.69, 9.17) is 0 Å². The van der Waals surface area contributed by atoms with Gasteiger partial charge in [-0.1, -0.05) is 46.6 Å². The SMILES string of the molecule is O=C(Nc1nnc(SCc2cc(=O)n3nc(C4CC4)sc3n2)s1)c1ccccc1F. The summed E-state index contributed by atoms with van der Waals surface area (Å²) in [5.41, 5.74) is 0.368. The van der Waals surface area contributed by atoms with Crippen LogP contribution in [0.25, 0.3) is 4.96 Å². The van der Waals surface area contributed by atoms with Gasteiger partial charge in [0, 0.05) is 17.7 Å². The van der Waals surface area contributed by atoms with Gasteiger partial charge in [-0.3, -0.25) is 14.9 Å². The maximum atomic E-state index is 13.7. The van der Waals surface area contributed by atoms with Crippen molar-refractivity contribution in [3.63, 3.8) is 0 Å². The van der Waals surface area contributed by atoms with Crippen LogP contribution in [-0.2, 0) is 5.75 Å². The summed E-state index contributed by atoms with van der Waals surface area (Å²) in [5.74, 6) is -0.293. The Morgan fingerprint density at radius 2 is 2.10 bits per heavy atom. The molecule has 0 aliphatic heterocycles. The molecule has 0 spiro atoms. The zero-order chi connectivity index (χ0) is 20.7. The molecular weight excluding hydrogens is 447 g/mol. The molecule has 152 valence electrons. The number of benzene rings is 1. The molecule has 1 amide bonds. The van der Waals surface area contributed by atoms with Gasteiger partial charge in [0.05, 0.1) is 11.3 Å². The summed E-state index contributed by atoms with van der Waals surface area (Å²) in [7, 11) is 0. The second-order valence-electron chi connectivity index (χ2n) is 6.59. The summed E-state index contributed by atoms with van der Waals surface area (Å²) >= 11 is 3.98. The minimum atomic E-state index is -0.602. The second-order valence-corrected chi connectivity index (χ2v) is 9.78. The van der Waals surface area contributed by atoms with E-state index in [1.165, 1.54) is 63.2 Å². The zero-order valence-electron chi connectivity index (χ0n) is 15.2. The highest BCUT2D eigenvalue weighted by molar-refractivity contribution is 8.00. The van der Waals surface area contributed by atoms with Crippen LogP contribution in [-0.4, -0.2) is 30.7 Å². The lowest BCUT2D eigenvalue weighted by molar-refractivity contribution is 0.102. The summed E-state index contributed by atoms with van der Waals surface area (Å²) in [6, 6.07) is 7.19. The first-order valence-corrected chi connectivity index (χ1v) is 11.6. The third-order valence-corrected chi connectivity index (χ3v) is 7.41. The largest absolute Gasteiger partial charge is 0.296 e. The van der Waals surface area contributed by atoms with Crippen molar-refractivity contribution in [3.05, 3.63) is 62.8 Å². The van der Waals surface area contributed by atoms with Crippen LogP contribution in [0.3, 0.4) is 0 Å². The first-order chi connectivity index (χ1) is 14.6. The third-order valence-electron chi connectivity index (χ3n) is 4.33. The molecule has 5 rings (SSSR count). The Labute approximate surface area is 181 Å². The molecule has 1 aliphatic rings. The van der Waals surface area contributed by atoms with Gasteiger partial charge in [0.2, 0.25) is 10.1 Å². The molecule has 1 saturated carbocycles. The van der Waals surface area contributed by atoms with Gasteiger partial charge >= 0.3 is 0 Å². The molecule has 1 N–H and O–H groups in total. The van der Waals surface area contributed by atoms with Crippen molar-refractivity contribution < 1.29 is 9.18 Å². The number of nitrogens with zero attached hydrogens (tertiary/aromatic N) is 5. The van der Waals surface area contributed by atoms with Gasteiger partial charge in [-0.2, -0.15) is 9.61 Å². The van der Waals surface area contributed by atoms with Crippen molar-refractivity contribution in [3.8, 4) is 0 Å². The van der Waals surface area contributed by atoms with Crippen molar-refractivity contribution >= 4 is 50.4 Å². The fourth-order valence-electron chi connectivity index (χ4n) is 2.70. The summed E-state index contributed by atoms with van der Waals surface area (Å²) in [4.78, 5) is 29.6. The van der Waals surface area contributed by atoms with Gasteiger partial charge in [-0.25, -0.2) is 9.37 Å². The number of halogens is 1. The Morgan fingerprint density at radius 1 is 1.27 bits per heavy atom. The Kier molecular flexibility index (Phi) is 5.05. The van der Waals surface area contributed by atoms with Gasteiger partial charge < -0.3 is 0 Å². The number of aromatic nitrogens is 5. The standard InChI is InChI=1S/C18H13FN6O2S3/c19-12-4-2-1-3-11(12)14(27)21-16-22-23-18(30-16)28-8-10-7-13(26)25-17(20-10)29-15(24-25)9-5-6-9/h1-4,7,9H,5-6,8H2,(H,21,22,27). The number of anilines is 1. The first kappa shape index (κ1) is 19.3. The number of hydrogen-bond donors (Lipinski definition) is 1. The lowest BCUT2D eigenvalue weighted by Gasteiger charge is -2.01. The monoisotopic (exact) mass is 460 g/mol. The van der Waals surface area contributed by atoms with Crippen LogP contribution >= 0.6 is 34.4 Å². The highest BCUT2D eigenvalue weighted by Crippen LogP contribution is 2.41. The molecule has 3 heterocycles. The maximum Gasteiger partial charge on any atom is 0.275 e. The molecule has 0 atom stereocenters. The van der Waals surface area contributed by atoms with Crippen molar-refractivity contribution in [2.75, 3.05) is 5.32 Å². The number of fused-ring (bicyclic) bond motifs is 1. The molecule has 4 aromatic rings. The summed E-state index contributed by atoms with van der Waals surface area (Å²) in [5, 5.41) is 16.1. The predicted octanol–water partition coefficient (Wildman–Crippen LogP) is 3.56. The number of carbonyl (C=O) groups excluding carboxylic acids is 1. The predicted molar refractivity (Wildman–Crippen MR) is 113 cm³/mol. The summed E-state index contributed by atoms with van der Waals surface area (Å²) in [6.45, 7) is 0. The van der Waals surface area contributed by atoms with Gasteiger partial charge in [-0.15, -0.1) is 10.2 Å². The van der Waals surface area contributed by atoms with Gasteiger partial charge in [-0.05, 0) is 25.0 Å². The maximum absolute atomic E-state index is 13.7. The van der Waals surface area contributed by atoms with Crippen LogP contribution in [0.5, 0.6) is 0 Å². The molecule has 8 nitrogen and oxygen atoms in total. The Hall–Kier alpha value is -2.70. The first-order valence-electron chi connectivity index (χ1n) is 8.99. The van der Waals surface area contributed by atoms with E-state index in [9.17, 15) is 14.0 Å². The third kappa shape index (κ3) is 3.98. The quantitative estimate of drug-likeness (QED) is 0.347.